The lowest BCUT2D eigenvalue weighted by molar-refractivity contribution is -0.955. The highest BCUT2D eigenvalue weighted by atomic mass is 16.4. The van der Waals surface area contributed by atoms with Gasteiger partial charge in [-0.25, -0.2) is 0 Å². The Labute approximate surface area is 83.1 Å². The zero-order chi connectivity index (χ0) is 10.9. The number of hydrogen-bond acceptors (Lipinski definition) is 3. The molecule has 0 aromatic rings. The summed E-state index contributed by atoms with van der Waals surface area (Å²) in [6.07, 6.45) is 0. The molecule has 0 aromatic heterocycles. The number of carboxylic acid groups (broad SMARTS) is 1. The van der Waals surface area contributed by atoms with Crippen LogP contribution in [0.25, 0.3) is 0 Å². The van der Waals surface area contributed by atoms with Crippen molar-refractivity contribution in [3.05, 3.63) is 0 Å². The fourth-order valence-electron chi connectivity index (χ4n) is 1.89. The molecule has 1 aliphatic rings. The molecule has 0 bridgehead atoms. The molecule has 1 heterocycles. The van der Waals surface area contributed by atoms with Gasteiger partial charge in [-0.05, 0) is 20.8 Å². The van der Waals surface area contributed by atoms with Gasteiger partial charge in [0.05, 0.1) is 19.1 Å². The van der Waals surface area contributed by atoms with Crippen LogP contribution in [0.3, 0.4) is 0 Å². The molecular weight excluding hydrogens is 184 g/mol. The van der Waals surface area contributed by atoms with Gasteiger partial charge in [-0.15, -0.1) is 0 Å². The van der Waals surface area contributed by atoms with E-state index in [0.717, 1.165) is 4.90 Å². The molecule has 1 unspecified atom stereocenters. The Bertz CT molecular complexity index is 263. The molecule has 1 aliphatic heterocycles. The van der Waals surface area contributed by atoms with Crippen molar-refractivity contribution < 1.29 is 19.6 Å². The van der Waals surface area contributed by atoms with Gasteiger partial charge in [0.1, 0.15) is 6.04 Å². The number of carboxylic acids is 1. The highest BCUT2D eigenvalue weighted by Crippen LogP contribution is 2.00. The minimum absolute atomic E-state index is 0.105. The summed E-state index contributed by atoms with van der Waals surface area (Å²) in [5.74, 6) is -1.21. The number of rotatable bonds is 2. The minimum Gasteiger partial charge on any atom is -0.544 e. The SMILES string of the molecule is C[C@H](C(=O)[O-])[NH+]1CCNC(=O)C1(C)C. The Morgan fingerprint density at radius 2 is 2.21 bits per heavy atom. The normalized spacial score (nSPS) is 27.9. The van der Waals surface area contributed by atoms with E-state index in [0.29, 0.717) is 13.1 Å². The molecule has 0 spiro atoms. The molecule has 1 saturated heterocycles. The van der Waals surface area contributed by atoms with Crippen molar-refractivity contribution in [2.45, 2.75) is 32.4 Å². The van der Waals surface area contributed by atoms with Gasteiger partial charge in [-0.1, -0.05) is 0 Å². The summed E-state index contributed by atoms with van der Waals surface area (Å²) in [6, 6.07) is -0.656. The Morgan fingerprint density at radius 1 is 1.64 bits per heavy atom. The lowest BCUT2D eigenvalue weighted by atomic mass is 9.97. The standard InChI is InChI=1S/C9H16N2O3/c1-6(7(12)13)11-5-4-10-8(14)9(11,2)3/h6H,4-5H2,1-3H3,(H,10,14)(H,12,13)/t6-/m1/s1. The van der Waals surface area contributed by atoms with E-state index in [-0.39, 0.29) is 5.91 Å². The van der Waals surface area contributed by atoms with E-state index in [1.54, 1.807) is 20.8 Å². The molecule has 0 aromatic carbocycles. The number of aliphatic carboxylic acids is 1. The van der Waals surface area contributed by atoms with Gasteiger partial charge >= 0.3 is 0 Å². The van der Waals surface area contributed by atoms with Crippen LogP contribution in [-0.2, 0) is 9.59 Å². The van der Waals surface area contributed by atoms with Crippen LogP contribution in [0.15, 0.2) is 0 Å². The van der Waals surface area contributed by atoms with Crippen LogP contribution in [0.5, 0.6) is 0 Å². The third-order valence-electron chi connectivity index (χ3n) is 2.93. The van der Waals surface area contributed by atoms with Crippen molar-refractivity contribution in [2.24, 2.45) is 0 Å². The third kappa shape index (κ3) is 1.72. The fraction of sp³-hybridized carbons (Fsp3) is 0.778. The zero-order valence-electron chi connectivity index (χ0n) is 8.72. The van der Waals surface area contributed by atoms with Crippen molar-refractivity contribution >= 4 is 11.9 Å². The van der Waals surface area contributed by atoms with Gasteiger partial charge < -0.3 is 20.1 Å². The molecule has 80 valence electrons. The Hall–Kier alpha value is -1.10. The zero-order valence-corrected chi connectivity index (χ0v) is 8.72. The van der Waals surface area contributed by atoms with Crippen LogP contribution < -0.4 is 15.3 Å². The summed E-state index contributed by atoms with van der Waals surface area (Å²) in [6.45, 7) is 6.21. The Morgan fingerprint density at radius 3 is 2.71 bits per heavy atom. The van der Waals surface area contributed by atoms with Crippen LogP contribution in [-0.4, -0.2) is 36.5 Å². The van der Waals surface area contributed by atoms with Crippen molar-refractivity contribution in [3.8, 4) is 0 Å². The highest BCUT2D eigenvalue weighted by molar-refractivity contribution is 5.84. The van der Waals surface area contributed by atoms with E-state index in [9.17, 15) is 14.7 Å². The molecule has 14 heavy (non-hydrogen) atoms. The van der Waals surface area contributed by atoms with E-state index in [1.807, 2.05) is 0 Å². The quantitative estimate of drug-likeness (QED) is 0.496. The van der Waals surface area contributed by atoms with E-state index in [4.69, 9.17) is 0 Å². The average Bonchev–Trinajstić information content (AvgIpc) is 2.08. The lowest BCUT2D eigenvalue weighted by Gasteiger charge is -2.41. The van der Waals surface area contributed by atoms with Gasteiger partial charge in [0.25, 0.3) is 5.91 Å². The van der Waals surface area contributed by atoms with E-state index < -0.39 is 17.6 Å². The number of quaternary nitrogens is 1. The first-order valence-corrected chi connectivity index (χ1v) is 4.72. The van der Waals surface area contributed by atoms with Crippen LogP contribution in [0.2, 0.25) is 0 Å². The average molecular weight is 200 g/mol. The number of carbonyl (C=O) groups is 2. The minimum atomic E-state index is -1.11. The maximum absolute atomic E-state index is 11.5. The lowest BCUT2D eigenvalue weighted by Crippen LogP contribution is -3.26. The number of carbonyl (C=O) groups excluding carboxylic acids is 2. The van der Waals surface area contributed by atoms with Crippen molar-refractivity contribution in [1.82, 2.24) is 5.32 Å². The molecule has 2 N–H and O–H groups in total. The Kier molecular flexibility index (Phi) is 2.80. The first-order chi connectivity index (χ1) is 6.37. The summed E-state index contributed by atoms with van der Waals surface area (Å²) in [7, 11) is 0. The number of piperazine rings is 1. The van der Waals surface area contributed by atoms with Crippen molar-refractivity contribution in [3.63, 3.8) is 0 Å². The summed E-state index contributed by atoms with van der Waals surface area (Å²) in [5, 5.41) is 13.5. The van der Waals surface area contributed by atoms with Gasteiger partial charge in [-0.3, -0.25) is 4.79 Å². The molecule has 5 nitrogen and oxygen atoms in total. The van der Waals surface area contributed by atoms with Gasteiger partial charge in [0.15, 0.2) is 5.54 Å². The molecular formula is C9H16N2O3. The Balaban J connectivity index is 2.86. The number of amides is 1. The monoisotopic (exact) mass is 200 g/mol. The summed E-state index contributed by atoms with van der Waals surface area (Å²) in [4.78, 5) is 23.0. The molecule has 5 heteroatoms. The van der Waals surface area contributed by atoms with E-state index in [2.05, 4.69) is 5.32 Å². The fourth-order valence-corrected chi connectivity index (χ4v) is 1.89. The molecule has 1 rings (SSSR count). The van der Waals surface area contributed by atoms with E-state index >= 15 is 0 Å². The smallest absolute Gasteiger partial charge is 0.281 e. The summed E-state index contributed by atoms with van der Waals surface area (Å²) in [5.41, 5.74) is -0.697. The van der Waals surface area contributed by atoms with Gasteiger partial charge in [0.2, 0.25) is 0 Å². The summed E-state index contributed by atoms with van der Waals surface area (Å²) < 4.78 is 0. The predicted molar refractivity (Wildman–Crippen MR) is 47.4 cm³/mol. The third-order valence-corrected chi connectivity index (χ3v) is 2.93. The molecule has 0 radical (unpaired) electrons. The second-order valence-electron chi connectivity index (χ2n) is 4.20. The number of hydrogen-bond donors (Lipinski definition) is 2. The second kappa shape index (κ2) is 3.57. The largest absolute Gasteiger partial charge is 0.544 e. The first-order valence-electron chi connectivity index (χ1n) is 4.72. The van der Waals surface area contributed by atoms with Crippen LogP contribution in [0.1, 0.15) is 20.8 Å². The maximum Gasteiger partial charge on any atom is 0.281 e. The predicted octanol–water partition coefficient (Wildman–Crippen LogP) is -3.08. The van der Waals surface area contributed by atoms with E-state index in [1.165, 1.54) is 0 Å². The van der Waals surface area contributed by atoms with Crippen molar-refractivity contribution in [1.29, 1.82) is 0 Å². The highest BCUT2D eigenvalue weighted by Gasteiger charge is 2.44. The van der Waals surface area contributed by atoms with Crippen molar-refractivity contribution in [2.75, 3.05) is 13.1 Å². The molecule has 1 fully saturated rings. The molecule has 0 aliphatic carbocycles. The van der Waals surface area contributed by atoms with Gasteiger partial charge in [0, 0.05) is 0 Å². The number of nitrogens with one attached hydrogen (secondary N) is 2. The molecule has 2 atom stereocenters. The van der Waals surface area contributed by atoms with Crippen LogP contribution in [0, 0.1) is 0 Å². The molecule has 0 saturated carbocycles. The molecule has 1 amide bonds. The first kappa shape index (κ1) is 11.0. The topological polar surface area (TPSA) is 73.7 Å². The second-order valence-corrected chi connectivity index (χ2v) is 4.20. The van der Waals surface area contributed by atoms with Crippen LogP contribution in [0.4, 0.5) is 0 Å². The van der Waals surface area contributed by atoms with Gasteiger partial charge in [-0.2, -0.15) is 0 Å². The maximum atomic E-state index is 11.5. The van der Waals surface area contributed by atoms with Crippen LogP contribution >= 0.6 is 0 Å². The summed E-state index contributed by atoms with van der Waals surface area (Å²) >= 11 is 0.